The Morgan fingerprint density at radius 2 is 2.18 bits per heavy atom. The summed E-state index contributed by atoms with van der Waals surface area (Å²) in [5.74, 6) is 1.60. The molecule has 0 spiro atoms. The molecular formula is C15H22N4O3. The van der Waals surface area contributed by atoms with Crippen molar-refractivity contribution in [2.75, 3.05) is 0 Å². The van der Waals surface area contributed by atoms with Crippen LogP contribution in [0.4, 0.5) is 5.69 Å². The summed E-state index contributed by atoms with van der Waals surface area (Å²) in [7, 11) is 1.57. The molecule has 22 heavy (non-hydrogen) atoms. The summed E-state index contributed by atoms with van der Waals surface area (Å²) in [4.78, 5) is 23.2. The van der Waals surface area contributed by atoms with Crippen LogP contribution in [0.25, 0.3) is 0 Å². The van der Waals surface area contributed by atoms with Crippen LogP contribution >= 0.6 is 0 Å². The normalized spacial score (nSPS) is 27.9. The molecule has 0 unspecified atom stereocenters. The molecular weight excluding hydrogens is 284 g/mol. The van der Waals surface area contributed by atoms with Gasteiger partial charge in [-0.15, -0.1) is 0 Å². The molecule has 0 radical (unpaired) electrons. The first kappa shape index (κ1) is 15.0. The summed E-state index contributed by atoms with van der Waals surface area (Å²) in [6, 6.07) is 0.0395. The van der Waals surface area contributed by atoms with Gasteiger partial charge in [0.1, 0.15) is 5.69 Å². The van der Waals surface area contributed by atoms with Crippen LogP contribution in [0, 0.1) is 34.8 Å². The first-order valence-electron chi connectivity index (χ1n) is 7.87. The van der Waals surface area contributed by atoms with Crippen molar-refractivity contribution in [3.8, 4) is 0 Å². The molecule has 0 aromatic carbocycles. The van der Waals surface area contributed by atoms with Gasteiger partial charge in [0, 0.05) is 13.1 Å². The highest BCUT2D eigenvalue weighted by Crippen LogP contribution is 2.49. The van der Waals surface area contributed by atoms with Gasteiger partial charge in [0.25, 0.3) is 5.91 Å². The Balaban J connectivity index is 1.76. The second-order valence-electron chi connectivity index (χ2n) is 6.76. The van der Waals surface area contributed by atoms with Crippen LogP contribution < -0.4 is 5.32 Å². The highest BCUT2D eigenvalue weighted by atomic mass is 16.6. The maximum absolute atomic E-state index is 12.5. The van der Waals surface area contributed by atoms with Crippen LogP contribution in [0.2, 0.25) is 0 Å². The van der Waals surface area contributed by atoms with E-state index in [4.69, 9.17) is 0 Å². The fraction of sp³-hybridized carbons (Fsp3) is 0.733. The van der Waals surface area contributed by atoms with Gasteiger partial charge < -0.3 is 5.32 Å². The number of rotatable bonds is 4. The molecule has 2 saturated carbocycles. The first-order valence-corrected chi connectivity index (χ1v) is 7.87. The fourth-order valence-corrected chi connectivity index (χ4v) is 4.41. The second kappa shape index (κ2) is 5.37. The van der Waals surface area contributed by atoms with Crippen LogP contribution in [0.3, 0.4) is 0 Å². The SMILES string of the molecule is Cc1nn(C)c(C(=O)N[C@H](C)[C@@H]2C[C@@H]3CC[C@@H]2C3)c1[N+](=O)[O-]. The van der Waals surface area contributed by atoms with E-state index in [0.29, 0.717) is 11.8 Å². The Labute approximate surface area is 129 Å². The van der Waals surface area contributed by atoms with E-state index in [1.807, 2.05) is 6.92 Å². The average molecular weight is 306 g/mol. The Bertz CT molecular complexity index is 625. The van der Waals surface area contributed by atoms with E-state index in [1.54, 1.807) is 14.0 Å². The minimum Gasteiger partial charge on any atom is -0.348 e. The van der Waals surface area contributed by atoms with Gasteiger partial charge in [-0.25, -0.2) is 0 Å². The van der Waals surface area contributed by atoms with Gasteiger partial charge in [-0.3, -0.25) is 19.6 Å². The monoisotopic (exact) mass is 306 g/mol. The maximum atomic E-state index is 12.5. The number of nitrogens with zero attached hydrogens (tertiary/aromatic N) is 3. The highest BCUT2D eigenvalue weighted by molar-refractivity contribution is 5.97. The maximum Gasteiger partial charge on any atom is 0.322 e. The molecule has 4 atom stereocenters. The smallest absolute Gasteiger partial charge is 0.322 e. The number of hydrogen-bond acceptors (Lipinski definition) is 4. The van der Waals surface area contributed by atoms with Gasteiger partial charge in [-0.05, 0) is 50.9 Å². The van der Waals surface area contributed by atoms with Gasteiger partial charge in [-0.1, -0.05) is 6.42 Å². The molecule has 0 saturated heterocycles. The quantitative estimate of drug-likeness (QED) is 0.682. The van der Waals surface area contributed by atoms with E-state index in [-0.39, 0.29) is 23.1 Å². The minimum absolute atomic E-state index is 0.0394. The number of aromatic nitrogens is 2. The average Bonchev–Trinajstić information content (AvgIpc) is 3.11. The van der Waals surface area contributed by atoms with Gasteiger partial charge in [0.15, 0.2) is 0 Å². The summed E-state index contributed by atoms with van der Waals surface area (Å²) < 4.78 is 1.30. The number of nitro groups is 1. The number of hydrogen-bond donors (Lipinski definition) is 1. The molecule has 1 aromatic heterocycles. The van der Waals surface area contributed by atoms with Gasteiger partial charge in [0.2, 0.25) is 5.69 Å². The third-order valence-electron chi connectivity index (χ3n) is 5.38. The van der Waals surface area contributed by atoms with Crippen LogP contribution in [-0.4, -0.2) is 26.7 Å². The van der Waals surface area contributed by atoms with E-state index in [1.165, 1.54) is 30.4 Å². The van der Waals surface area contributed by atoms with Crippen molar-refractivity contribution in [1.29, 1.82) is 0 Å². The van der Waals surface area contributed by atoms with E-state index < -0.39 is 10.8 Å². The van der Waals surface area contributed by atoms with E-state index in [2.05, 4.69) is 10.4 Å². The third kappa shape index (κ3) is 2.38. The molecule has 3 rings (SSSR count). The fourth-order valence-electron chi connectivity index (χ4n) is 4.41. The summed E-state index contributed by atoms with van der Waals surface area (Å²) in [6.07, 6.45) is 5.00. The zero-order chi connectivity index (χ0) is 16.0. The van der Waals surface area contributed by atoms with Crippen molar-refractivity contribution in [3.05, 3.63) is 21.5 Å². The third-order valence-corrected chi connectivity index (χ3v) is 5.38. The molecule has 120 valence electrons. The number of carbonyl (C=O) groups is 1. The van der Waals surface area contributed by atoms with Gasteiger partial charge in [-0.2, -0.15) is 5.10 Å². The lowest BCUT2D eigenvalue weighted by Gasteiger charge is -2.28. The first-order chi connectivity index (χ1) is 10.4. The molecule has 1 aromatic rings. The molecule has 2 aliphatic carbocycles. The summed E-state index contributed by atoms with van der Waals surface area (Å²) in [5.41, 5.74) is 0.114. The molecule has 2 bridgehead atoms. The van der Waals surface area contributed by atoms with Crippen molar-refractivity contribution >= 4 is 11.6 Å². The Morgan fingerprint density at radius 1 is 1.45 bits per heavy atom. The lowest BCUT2D eigenvalue weighted by Crippen LogP contribution is -2.41. The topological polar surface area (TPSA) is 90.1 Å². The minimum atomic E-state index is -0.528. The number of nitrogens with one attached hydrogen (secondary N) is 1. The Morgan fingerprint density at radius 3 is 2.73 bits per heavy atom. The molecule has 1 heterocycles. The molecule has 1 amide bonds. The summed E-state index contributed by atoms with van der Waals surface area (Å²) in [6.45, 7) is 3.56. The van der Waals surface area contributed by atoms with Gasteiger partial charge >= 0.3 is 5.69 Å². The van der Waals surface area contributed by atoms with Crippen molar-refractivity contribution in [1.82, 2.24) is 15.1 Å². The van der Waals surface area contributed by atoms with Crippen molar-refractivity contribution in [2.45, 2.75) is 45.6 Å². The van der Waals surface area contributed by atoms with E-state index >= 15 is 0 Å². The van der Waals surface area contributed by atoms with Crippen molar-refractivity contribution in [2.24, 2.45) is 24.8 Å². The molecule has 2 fully saturated rings. The van der Waals surface area contributed by atoms with Crippen LogP contribution in [0.5, 0.6) is 0 Å². The van der Waals surface area contributed by atoms with E-state index in [9.17, 15) is 14.9 Å². The number of amides is 1. The van der Waals surface area contributed by atoms with Crippen molar-refractivity contribution < 1.29 is 9.72 Å². The number of aryl methyl sites for hydroxylation is 2. The second-order valence-corrected chi connectivity index (χ2v) is 6.76. The highest BCUT2D eigenvalue weighted by Gasteiger charge is 2.42. The summed E-state index contributed by atoms with van der Waals surface area (Å²) in [5, 5.41) is 18.2. The lowest BCUT2D eigenvalue weighted by atomic mass is 9.84. The molecule has 7 nitrogen and oxygen atoms in total. The standard InChI is InChI=1S/C15H22N4O3/c1-8(12-7-10-4-5-11(12)6-10)16-15(20)14-13(19(21)22)9(2)17-18(14)3/h8,10-12H,4-7H2,1-3H3,(H,16,20)/t8-,10-,11-,12+/m1/s1. The largest absolute Gasteiger partial charge is 0.348 e. The Kier molecular flexibility index (Phi) is 3.66. The summed E-state index contributed by atoms with van der Waals surface area (Å²) >= 11 is 0. The van der Waals surface area contributed by atoms with Crippen LogP contribution in [0.15, 0.2) is 0 Å². The molecule has 7 heteroatoms. The molecule has 2 aliphatic rings. The zero-order valence-corrected chi connectivity index (χ0v) is 13.2. The predicted molar refractivity (Wildman–Crippen MR) is 80.5 cm³/mol. The Hall–Kier alpha value is -1.92. The van der Waals surface area contributed by atoms with Crippen molar-refractivity contribution in [3.63, 3.8) is 0 Å². The van der Waals surface area contributed by atoms with Gasteiger partial charge in [0.05, 0.1) is 4.92 Å². The number of carbonyl (C=O) groups excluding carboxylic acids is 1. The van der Waals surface area contributed by atoms with E-state index in [0.717, 1.165) is 5.92 Å². The predicted octanol–water partition coefficient (Wildman–Crippen LogP) is 2.19. The lowest BCUT2D eigenvalue weighted by molar-refractivity contribution is -0.385. The zero-order valence-electron chi connectivity index (χ0n) is 13.2. The van der Waals surface area contributed by atoms with Crippen LogP contribution in [0.1, 0.15) is 48.8 Å². The molecule has 1 N–H and O–H groups in total. The van der Waals surface area contributed by atoms with Crippen LogP contribution in [-0.2, 0) is 7.05 Å². The molecule has 0 aliphatic heterocycles. The number of fused-ring (bicyclic) bond motifs is 2.